The summed E-state index contributed by atoms with van der Waals surface area (Å²) in [6.45, 7) is 2.43. The van der Waals surface area contributed by atoms with Crippen molar-refractivity contribution < 1.29 is 4.79 Å². The first-order valence-corrected chi connectivity index (χ1v) is 8.12. The minimum atomic E-state index is -0.0474. The molecule has 2 atom stereocenters. The molecule has 1 unspecified atom stereocenters. The zero-order valence-electron chi connectivity index (χ0n) is 13.4. The van der Waals surface area contributed by atoms with Crippen LogP contribution in [0, 0.1) is 11.3 Å². The monoisotopic (exact) mass is 306 g/mol. The topological polar surface area (TPSA) is 53.0 Å². The van der Waals surface area contributed by atoms with E-state index in [0.717, 1.165) is 24.1 Å². The Morgan fingerprint density at radius 3 is 2.35 bits per heavy atom. The van der Waals surface area contributed by atoms with Crippen LogP contribution in [0.3, 0.4) is 0 Å². The Labute approximate surface area is 137 Å². The van der Waals surface area contributed by atoms with Crippen molar-refractivity contribution in [2.45, 2.75) is 32.2 Å². The molecule has 0 radical (unpaired) electrons. The van der Waals surface area contributed by atoms with Gasteiger partial charge in [-0.25, -0.2) is 0 Å². The molecule has 0 aliphatic heterocycles. The maximum Gasteiger partial charge on any atom is 0.251 e. The lowest BCUT2D eigenvalue weighted by Crippen LogP contribution is -2.29. The predicted octanol–water partition coefficient (Wildman–Crippen LogP) is 4.15. The van der Waals surface area contributed by atoms with Crippen molar-refractivity contribution in [3.8, 4) is 0 Å². The van der Waals surface area contributed by atoms with Crippen LogP contribution in [0.5, 0.6) is 0 Å². The molecule has 1 aliphatic rings. The van der Waals surface area contributed by atoms with Crippen molar-refractivity contribution in [1.82, 2.24) is 5.32 Å². The molecular weight excluding hydrogens is 284 g/mol. The summed E-state index contributed by atoms with van der Waals surface area (Å²) in [6, 6.07) is 17.8. The van der Waals surface area contributed by atoms with E-state index in [-0.39, 0.29) is 5.91 Å². The lowest BCUT2D eigenvalue weighted by Gasteiger charge is -2.36. The fraction of sp³-hybridized carbons (Fsp3) is 0.300. The Hall–Kier alpha value is -2.42. The zero-order valence-corrected chi connectivity index (χ0v) is 13.4. The summed E-state index contributed by atoms with van der Waals surface area (Å²) < 4.78 is 0. The molecule has 3 rings (SSSR count). The molecule has 0 spiro atoms. The molecule has 23 heavy (non-hydrogen) atoms. The summed E-state index contributed by atoms with van der Waals surface area (Å²) in [6.07, 6.45) is 2.25. The highest BCUT2D eigenvalue weighted by atomic mass is 16.1. The fourth-order valence-corrected chi connectivity index (χ4v) is 3.18. The van der Waals surface area contributed by atoms with Crippen molar-refractivity contribution in [3.05, 3.63) is 71.3 Å². The van der Waals surface area contributed by atoms with Crippen LogP contribution in [0.2, 0.25) is 0 Å². The number of benzene rings is 2. The third kappa shape index (κ3) is 3.50. The molecule has 0 saturated heterocycles. The van der Waals surface area contributed by atoms with Gasteiger partial charge in [0.1, 0.15) is 0 Å². The second-order valence-electron chi connectivity index (χ2n) is 6.26. The van der Waals surface area contributed by atoms with E-state index >= 15 is 0 Å². The molecule has 2 aromatic rings. The molecule has 1 amide bonds. The van der Waals surface area contributed by atoms with E-state index in [1.54, 1.807) is 0 Å². The molecule has 1 saturated carbocycles. The number of rotatable bonds is 5. The summed E-state index contributed by atoms with van der Waals surface area (Å²) in [5.74, 6) is 0.787. The lowest BCUT2D eigenvalue weighted by atomic mass is 9.68. The van der Waals surface area contributed by atoms with Gasteiger partial charge in [-0.15, -0.1) is 0 Å². The van der Waals surface area contributed by atoms with Gasteiger partial charge in [-0.2, -0.15) is 0 Å². The van der Waals surface area contributed by atoms with Crippen LogP contribution in [0.4, 0.5) is 0 Å². The van der Waals surface area contributed by atoms with Crippen LogP contribution < -0.4 is 5.32 Å². The molecule has 1 fully saturated rings. The van der Waals surface area contributed by atoms with Crippen LogP contribution in [0.1, 0.15) is 47.2 Å². The molecule has 118 valence electrons. The van der Waals surface area contributed by atoms with E-state index in [9.17, 15) is 4.79 Å². The van der Waals surface area contributed by atoms with Gasteiger partial charge in [-0.3, -0.25) is 4.79 Å². The number of hydrogen-bond donors (Lipinski definition) is 2. The van der Waals surface area contributed by atoms with Crippen molar-refractivity contribution in [1.29, 1.82) is 5.41 Å². The standard InChI is InChI=1S/C20H22N2O/c1-14(21)18-11-12-19(18)16-7-9-17(10-8-16)20(23)22-13-15-5-3-2-4-6-15/h2-10,18-19,21H,11-13H2,1H3,(H,22,23)/t18?,19-/m0/s1. The van der Waals surface area contributed by atoms with Gasteiger partial charge in [0.15, 0.2) is 0 Å². The minimum absolute atomic E-state index is 0.0474. The SMILES string of the molecule is CC(=N)C1CC[C@H]1c1ccc(C(=O)NCc2ccccc2)cc1. The molecule has 3 heteroatoms. The van der Waals surface area contributed by atoms with Crippen LogP contribution in [-0.4, -0.2) is 11.6 Å². The quantitative estimate of drug-likeness (QED) is 0.801. The molecule has 2 aromatic carbocycles. The second kappa shape index (κ2) is 6.78. The lowest BCUT2D eigenvalue weighted by molar-refractivity contribution is 0.0951. The van der Waals surface area contributed by atoms with Crippen LogP contribution in [0.15, 0.2) is 54.6 Å². The van der Waals surface area contributed by atoms with E-state index in [4.69, 9.17) is 5.41 Å². The first-order valence-electron chi connectivity index (χ1n) is 8.12. The maximum absolute atomic E-state index is 12.2. The third-order valence-electron chi connectivity index (χ3n) is 4.73. The van der Waals surface area contributed by atoms with Crippen molar-refractivity contribution in [2.75, 3.05) is 0 Å². The van der Waals surface area contributed by atoms with E-state index in [1.165, 1.54) is 5.56 Å². The minimum Gasteiger partial charge on any atom is -0.348 e. The third-order valence-corrected chi connectivity index (χ3v) is 4.73. The van der Waals surface area contributed by atoms with Crippen LogP contribution in [0.25, 0.3) is 0 Å². The Kier molecular flexibility index (Phi) is 4.56. The number of nitrogens with one attached hydrogen (secondary N) is 2. The average molecular weight is 306 g/mol. The molecule has 3 nitrogen and oxygen atoms in total. The second-order valence-corrected chi connectivity index (χ2v) is 6.26. The molecule has 0 bridgehead atoms. The zero-order chi connectivity index (χ0) is 16.2. The molecular formula is C20H22N2O. The van der Waals surface area contributed by atoms with Crippen molar-refractivity contribution in [2.24, 2.45) is 5.92 Å². The van der Waals surface area contributed by atoms with Gasteiger partial charge in [0, 0.05) is 23.7 Å². The predicted molar refractivity (Wildman–Crippen MR) is 92.9 cm³/mol. The number of hydrogen-bond acceptors (Lipinski definition) is 2. The fourth-order valence-electron chi connectivity index (χ4n) is 3.18. The van der Waals surface area contributed by atoms with Gasteiger partial charge in [-0.05, 0) is 48.9 Å². The molecule has 2 N–H and O–H groups in total. The van der Waals surface area contributed by atoms with Gasteiger partial charge >= 0.3 is 0 Å². The van der Waals surface area contributed by atoms with E-state index in [0.29, 0.717) is 23.9 Å². The largest absolute Gasteiger partial charge is 0.348 e. The number of carbonyl (C=O) groups excluding carboxylic acids is 1. The highest BCUT2D eigenvalue weighted by Gasteiger charge is 2.33. The Bertz CT molecular complexity index is 691. The number of carbonyl (C=O) groups is 1. The summed E-state index contributed by atoms with van der Waals surface area (Å²) in [4.78, 5) is 12.2. The van der Waals surface area contributed by atoms with Gasteiger partial charge in [0.05, 0.1) is 0 Å². The molecule has 0 heterocycles. The average Bonchev–Trinajstić information content (AvgIpc) is 2.53. The first-order chi connectivity index (χ1) is 11.1. The van der Waals surface area contributed by atoms with E-state index in [1.807, 2.05) is 61.5 Å². The highest BCUT2D eigenvalue weighted by molar-refractivity contribution is 5.94. The molecule has 0 aromatic heterocycles. The summed E-state index contributed by atoms with van der Waals surface area (Å²) in [5.41, 5.74) is 3.79. The van der Waals surface area contributed by atoms with Gasteiger partial charge in [0.2, 0.25) is 0 Å². The smallest absolute Gasteiger partial charge is 0.251 e. The van der Waals surface area contributed by atoms with Crippen molar-refractivity contribution >= 4 is 11.6 Å². The van der Waals surface area contributed by atoms with Crippen LogP contribution >= 0.6 is 0 Å². The van der Waals surface area contributed by atoms with E-state index < -0.39 is 0 Å². The van der Waals surface area contributed by atoms with Crippen molar-refractivity contribution in [3.63, 3.8) is 0 Å². The first kappa shape index (κ1) is 15.5. The summed E-state index contributed by atoms with van der Waals surface area (Å²) >= 11 is 0. The normalized spacial score (nSPS) is 19.7. The summed E-state index contributed by atoms with van der Waals surface area (Å²) in [7, 11) is 0. The number of amides is 1. The molecule has 1 aliphatic carbocycles. The Balaban J connectivity index is 1.61. The Morgan fingerprint density at radius 1 is 1.09 bits per heavy atom. The highest BCUT2D eigenvalue weighted by Crippen LogP contribution is 2.42. The van der Waals surface area contributed by atoms with E-state index in [2.05, 4.69) is 5.32 Å². The van der Waals surface area contributed by atoms with Crippen LogP contribution in [-0.2, 0) is 6.54 Å². The Morgan fingerprint density at radius 2 is 1.78 bits per heavy atom. The maximum atomic E-state index is 12.2. The van der Waals surface area contributed by atoms with Gasteiger partial charge < -0.3 is 10.7 Å². The van der Waals surface area contributed by atoms with Gasteiger partial charge in [0.25, 0.3) is 5.91 Å². The summed E-state index contributed by atoms with van der Waals surface area (Å²) in [5, 5.41) is 10.8. The van der Waals surface area contributed by atoms with Gasteiger partial charge in [-0.1, -0.05) is 42.5 Å².